The quantitative estimate of drug-likeness (QED) is 0.680. The number of nitrogens with zero attached hydrogens (tertiary/aromatic N) is 3. The summed E-state index contributed by atoms with van der Waals surface area (Å²) in [6.45, 7) is 1.01. The van der Waals surface area contributed by atoms with Crippen LogP contribution in [0, 0.1) is 0 Å². The number of likely N-dealkylation sites (N-methyl/N-ethyl adjacent to an activating group) is 1. The molecule has 0 spiro atoms. The molecule has 0 unspecified atom stereocenters. The van der Waals surface area contributed by atoms with Crippen molar-refractivity contribution >= 4 is 0 Å². The van der Waals surface area contributed by atoms with Crippen molar-refractivity contribution in [2.24, 2.45) is 14.1 Å². The van der Waals surface area contributed by atoms with Gasteiger partial charge in [0.2, 0.25) is 0 Å². The van der Waals surface area contributed by atoms with Gasteiger partial charge in [0.15, 0.2) is 0 Å². The van der Waals surface area contributed by atoms with Gasteiger partial charge in [0.1, 0.15) is 0 Å². The summed E-state index contributed by atoms with van der Waals surface area (Å²) >= 11 is 0. The molecule has 16 heavy (non-hydrogen) atoms. The van der Waals surface area contributed by atoms with Crippen LogP contribution in [0.4, 0.5) is 0 Å². The Morgan fingerprint density at radius 3 is 2.50 bits per heavy atom. The fourth-order valence-corrected chi connectivity index (χ4v) is 1.46. The van der Waals surface area contributed by atoms with Crippen LogP contribution in [0.25, 0.3) is 0 Å². The molecule has 0 aliphatic heterocycles. The zero-order valence-electron chi connectivity index (χ0n) is 9.80. The Morgan fingerprint density at radius 1 is 1.31 bits per heavy atom. The van der Waals surface area contributed by atoms with Crippen molar-refractivity contribution in [3.63, 3.8) is 0 Å². The largest absolute Gasteiger partial charge is 0.395 e. The Kier molecular flexibility index (Phi) is 4.03. The average molecular weight is 227 g/mol. The summed E-state index contributed by atoms with van der Waals surface area (Å²) in [6, 6.07) is 1.44. The van der Waals surface area contributed by atoms with E-state index in [0.717, 1.165) is 4.57 Å². The molecule has 0 saturated carbocycles. The highest BCUT2D eigenvalue weighted by Crippen LogP contribution is 1.96. The molecule has 0 fully saturated rings. The standard InChI is InChI=1S/C10H17N3O3/c1-11(4-5-14)7-8-6-9(15)13(3)10(16)12(8)2/h6,14H,4-5,7H2,1-3H3. The van der Waals surface area contributed by atoms with Gasteiger partial charge in [0.25, 0.3) is 5.56 Å². The van der Waals surface area contributed by atoms with Crippen LogP contribution in [0.15, 0.2) is 15.7 Å². The third kappa shape index (κ3) is 2.59. The minimum Gasteiger partial charge on any atom is -0.395 e. The van der Waals surface area contributed by atoms with Gasteiger partial charge >= 0.3 is 5.69 Å². The average Bonchev–Trinajstić information content (AvgIpc) is 2.23. The van der Waals surface area contributed by atoms with Crippen LogP contribution in [-0.2, 0) is 20.6 Å². The summed E-state index contributed by atoms with van der Waals surface area (Å²) in [7, 11) is 4.90. The van der Waals surface area contributed by atoms with Gasteiger partial charge in [-0.2, -0.15) is 0 Å². The van der Waals surface area contributed by atoms with Crippen molar-refractivity contribution in [3.8, 4) is 0 Å². The van der Waals surface area contributed by atoms with Gasteiger partial charge in [-0.1, -0.05) is 0 Å². The molecule has 6 nitrogen and oxygen atoms in total. The summed E-state index contributed by atoms with van der Waals surface area (Å²) in [5, 5.41) is 8.76. The van der Waals surface area contributed by atoms with E-state index in [1.54, 1.807) is 7.05 Å². The van der Waals surface area contributed by atoms with Crippen LogP contribution in [0.5, 0.6) is 0 Å². The summed E-state index contributed by atoms with van der Waals surface area (Å²) in [4.78, 5) is 24.9. The highest BCUT2D eigenvalue weighted by Gasteiger charge is 2.07. The number of rotatable bonds is 4. The molecule has 0 bridgehead atoms. The molecule has 1 N–H and O–H groups in total. The molecule has 1 aromatic rings. The fourth-order valence-electron chi connectivity index (χ4n) is 1.46. The molecule has 0 aliphatic carbocycles. The molecule has 0 aliphatic rings. The Labute approximate surface area is 93.4 Å². The lowest BCUT2D eigenvalue weighted by molar-refractivity contribution is 0.214. The van der Waals surface area contributed by atoms with Crippen molar-refractivity contribution in [2.45, 2.75) is 6.54 Å². The highest BCUT2D eigenvalue weighted by atomic mass is 16.3. The van der Waals surface area contributed by atoms with E-state index in [9.17, 15) is 9.59 Å². The van der Waals surface area contributed by atoms with Gasteiger partial charge in [-0.05, 0) is 7.05 Å². The normalized spacial score (nSPS) is 11.1. The van der Waals surface area contributed by atoms with Gasteiger partial charge in [-0.3, -0.25) is 18.8 Å². The second kappa shape index (κ2) is 5.09. The number of hydrogen-bond donors (Lipinski definition) is 1. The number of aliphatic hydroxyl groups is 1. The van der Waals surface area contributed by atoms with E-state index in [2.05, 4.69) is 0 Å². The Balaban J connectivity index is 3.07. The monoisotopic (exact) mass is 227 g/mol. The van der Waals surface area contributed by atoms with Crippen molar-refractivity contribution in [1.29, 1.82) is 0 Å². The SMILES string of the molecule is CN(CCO)Cc1cc(=O)n(C)c(=O)n1C. The predicted molar refractivity (Wildman–Crippen MR) is 60.3 cm³/mol. The lowest BCUT2D eigenvalue weighted by atomic mass is 10.3. The smallest absolute Gasteiger partial charge is 0.330 e. The summed E-state index contributed by atoms with van der Waals surface area (Å²) in [5.41, 5.74) is -0.000512. The fraction of sp³-hybridized carbons (Fsp3) is 0.600. The molecule has 6 heteroatoms. The van der Waals surface area contributed by atoms with Crippen molar-refractivity contribution in [2.75, 3.05) is 20.2 Å². The van der Waals surface area contributed by atoms with Crippen molar-refractivity contribution in [3.05, 3.63) is 32.6 Å². The van der Waals surface area contributed by atoms with Crippen LogP contribution in [0.3, 0.4) is 0 Å². The second-order valence-electron chi connectivity index (χ2n) is 3.84. The first kappa shape index (κ1) is 12.7. The van der Waals surface area contributed by atoms with Gasteiger partial charge in [0.05, 0.1) is 6.61 Å². The molecule has 90 valence electrons. The second-order valence-corrected chi connectivity index (χ2v) is 3.84. The molecule has 0 amide bonds. The maximum Gasteiger partial charge on any atom is 0.330 e. The molecule has 1 rings (SSSR count). The van der Waals surface area contributed by atoms with Crippen LogP contribution in [0.1, 0.15) is 5.69 Å². The lowest BCUT2D eigenvalue weighted by Crippen LogP contribution is -2.39. The maximum atomic E-state index is 11.6. The van der Waals surface area contributed by atoms with Gasteiger partial charge in [-0.25, -0.2) is 4.79 Å². The topological polar surface area (TPSA) is 67.5 Å². The first-order valence-corrected chi connectivity index (χ1v) is 5.02. The molecule has 1 aromatic heterocycles. The summed E-state index contributed by atoms with van der Waals surface area (Å²) < 4.78 is 2.50. The predicted octanol–water partition coefficient (Wildman–Crippen LogP) is -1.49. The molecule has 1 heterocycles. The first-order chi connectivity index (χ1) is 7.47. The van der Waals surface area contributed by atoms with Crippen LogP contribution < -0.4 is 11.2 Å². The van der Waals surface area contributed by atoms with Gasteiger partial charge < -0.3 is 5.11 Å². The van der Waals surface area contributed by atoms with Crippen molar-refractivity contribution in [1.82, 2.24) is 14.0 Å². The third-order valence-electron chi connectivity index (χ3n) is 2.54. The maximum absolute atomic E-state index is 11.6. The zero-order valence-corrected chi connectivity index (χ0v) is 9.80. The van der Waals surface area contributed by atoms with E-state index < -0.39 is 0 Å². The van der Waals surface area contributed by atoms with Crippen LogP contribution >= 0.6 is 0 Å². The zero-order chi connectivity index (χ0) is 12.3. The minimum absolute atomic E-state index is 0.0509. The number of aromatic nitrogens is 2. The minimum atomic E-state index is -0.333. The first-order valence-electron chi connectivity index (χ1n) is 5.02. The molecule has 0 saturated heterocycles. The van der Waals surface area contributed by atoms with Crippen molar-refractivity contribution < 1.29 is 5.11 Å². The number of aliphatic hydroxyl groups excluding tert-OH is 1. The highest BCUT2D eigenvalue weighted by molar-refractivity contribution is 5.01. The summed E-state index contributed by atoms with van der Waals surface area (Å²) in [5.74, 6) is 0. The van der Waals surface area contributed by atoms with Gasteiger partial charge in [-0.15, -0.1) is 0 Å². The van der Waals surface area contributed by atoms with E-state index >= 15 is 0 Å². The lowest BCUT2D eigenvalue weighted by Gasteiger charge is -2.17. The van der Waals surface area contributed by atoms with Crippen LogP contribution in [0.2, 0.25) is 0 Å². The van der Waals surface area contributed by atoms with E-state index in [1.165, 1.54) is 17.7 Å². The van der Waals surface area contributed by atoms with E-state index in [1.807, 2.05) is 11.9 Å². The molecule has 0 aromatic carbocycles. The van der Waals surface area contributed by atoms with Gasteiger partial charge in [0, 0.05) is 38.9 Å². The Bertz CT molecular complexity index is 475. The van der Waals surface area contributed by atoms with Crippen LogP contribution in [-0.4, -0.2) is 39.3 Å². The van der Waals surface area contributed by atoms with E-state index in [-0.39, 0.29) is 17.9 Å². The Morgan fingerprint density at radius 2 is 1.94 bits per heavy atom. The molecular formula is C10H17N3O3. The Hall–Kier alpha value is -1.40. The third-order valence-corrected chi connectivity index (χ3v) is 2.54. The molecule has 0 radical (unpaired) electrons. The number of hydrogen-bond acceptors (Lipinski definition) is 4. The van der Waals surface area contributed by atoms with E-state index in [0.29, 0.717) is 18.8 Å². The van der Waals surface area contributed by atoms with E-state index in [4.69, 9.17) is 5.11 Å². The summed E-state index contributed by atoms with van der Waals surface area (Å²) in [6.07, 6.45) is 0. The molecule has 0 atom stereocenters. The molecular weight excluding hydrogens is 210 g/mol.